The topological polar surface area (TPSA) is 41.6 Å². The van der Waals surface area contributed by atoms with E-state index in [4.69, 9.17) is 4.74 Å². The second kappa shape index (κ2) is 8.10. The Labute approximate surface area is 125 Å². The molecule has 116 valence electrons. The maximum atomic E-state index is 13.2. The normalized spacial score (nSPS) is 17.9. The fourth-order valence-electron chi connectivity index (χ4n) is 2.63. The van der Waals surface area contributed by atoms with Gasteiger partial charge in [-0.25, -0.2) is 4.39 Å². The summed E-state index contributed by atoms with van der Waals surface area (Å²) in [5, 5.41) is 3.40. The number of hydrogen-bond donors (Lipinski definition) is 1. The molecule has 1 aliphatic heterocycles. The SMILES string of the molecule is COCCN(CC1CCCN1)C(=O)Cc1cccc(F)c1. The van der Waals surface area contributed by atoms with Crippen molar-refractivity contribution in [1.29, 1.82) is 0 Å². The highest BCUT2D eigenvalue weighted by atomic mass is 19.1. The number of methoxy groups -OCH3 is 1. The minimum atomic E-state index is -0.304. The molecule has 1 fully saturated rings. The van der Waals surface area contributed by atoms with Crippen molar-refractivity contribution in [2.45, 2.75) is 25.3 Å². The highest BCUT2D eigenvalue weighted by Crippen LogP contribution is 2.10. The largest absolute Gasteiger partial charge is 0.383 e. The van der Waals surface area contributed by atoms with E-state index < -0.39 is 0 Å². The molecule has 1 aromatic carbocycles. The van der Waals surface area contributed by atoms with Gasteiger partial charge in [0, 0.05) is 26.2 Å². The number of nitrogens with one attached hydrogen (secondary N) is 1. The van der Waals surface area contributed by atoms with E-state index in [1.807, 2.05) is 4.90 Å². The number of hydrogen-bond acceptors (Lipinski definition) is 3. The smallest absolute Gasteiger partial charge is 0.227 e. The molecule has 1 saturated heterocycles. The zero-order chi connectivity index (χ0) is 15.1. The molecule has 1 N–H and O–H groups in total. The number of carbonyl (C=O) groups excluding carboxylic acids is 1. The number of halogens is 1. The molecule has 21 heavy (non-hydrogen) atoms. The van der Waals surface area contributed by atoms with Gasteiger partial charge in [0.2, 0.25) is 5.91 Å². The summed E-state index contributed by atoms with van der Waals surface area (Å²) in [6.07, 6.45) is 2.48. The third-order valence-corrected chi connectivity index (χ3v) is 3.77. The highest BCUT2D eigenvalue weighted by molar-refractivity contribution is 5.78. The van der Waals surface area contributed by atoms with Crippen LogP contribution in [0.1, 0.15) is 18.4 Å². The number of carbonyl (C=O) groups is 1. The van der Waals surface area contributed by atoms with Crippen molar-refractivity contribution in [3.05, 3.63) is 35.6 Å². The third kappa shape index (κ3) is 5.10. The molecule has 0 radical (unpaired) electrons. The van der Waals surface area contributed by atoms with Crippen molar-refractivity contribution in [3.63, 3.8) is 0 Å². The summed E-state index contributed by atoms with van der Waals surface area (Å²) in [4.78, 5) is 14.3. The van der Waals surface area contributed by atoms with Crippen LogP contribution in [-0.2, 0) is 16.0 Å². The first-order valence-electron chi connectivity index (χ1n) is 7.43. The fraction of sp³-hybridized carbons (Fsp3) is 0.562. The summed E-state index contributed by atoms with van der Waals surface area (Å²) in [5.41, 5.74) is 0.710. The van der Waals surface area contributed by atoms with Gasteiger partial charge in [0.05, 0.1) is 13.0 Å². The number of ether oxygens (including phenoxy) is 1. The van der Waals surface area contributed by atoms with Crippen LogP contribution in [0.2, 0.25) is 0 Å². The Morgan fingerprint density at radius 2 is 2.38 bits per heavy atom. The molecule has 0 aromatic heterocycles. The Hall–Kier alpha value is -1.46. The van der Waals surface area contributed by atoms with Crippen LogP contribution in [-0.4, -0.2) is 50.2 Å². The minimum absolute atomic E-state index is 0.0198. The van der Waals surface area contributed by atoms with Gasteiger partial charge >= 0.3 is 0 Å². The zero-order valence-electron chi connectivity index (χ0n) is 12.5. The lowest BCUT2D eigenvalue weighted by Gasteiger charge is -2.26. The first kappa shape index (κ1) is 15.9. The maximum absolute atomic E-state index is 13.2. The number of nitrogens with zero attached hydrogens (tertiary/aromatic N) is 1. The van der Waals surface area contributed by atoms with Gasteiger partial charge in [-0.1, -0.05) is 12.1 Å². The molecule has 1 atom stereocenters. The van der Waals surface area contributed by atoms with Crippen LogP contribution in [0.4, 0.5) is 4.39 Å². The molecular weight excluding hydrogens is 271 g/mol. The molecule has 0 aliphatic carbocycles. The van der Waals surface area contributed by atoms with E-state index in [0.29, 0.717) is 31.3 Å². The van der Waals surface area contributed by atoms with Crippen molar-refractivity contribution in [2.24, 2.45) is 0 Å². The van der Waals surface area contributed by atoms with Gasteiger partial charge in [-0.3, -0.25) is 4.79 Å². The predicted octanol–water partition coefficient (Wildman–Crippen LogP) is 1.60. The molecule has 1 heterocycles. The monoisotopic (exact) mass is 294 g/mol. The predicted molar refractivity (Wildman–Crippen MR) is 79.6 cm³/mol. The summed E-state index contributed by atoms with van der Waals surface area (Å²) < 4.78 is 18.3. The molecule has 1 amide bonds. The van der Waals surface area contributed by atoms with E-state index in [-0.39, 0.29) is 18.1 Å². The van der Waals surface area contributed by atoms with E-state index in [1.165, 1.54) is 12.1 Å². The lowest BCUT2D eigenvalue weighted by atomic mass is 10.1. The molecule has 2 rings (SSSR count). The fourth-order valence-corrected chi connectivity index (χ4v) is 2.63. The molecule has 0 saturated carbocycles. The number of benzene rings is 1. The number of rotatable bonds is 7. The van der Waals surface area contributed by atoms with Crippen molar-refractivity contribution < 1.29 is 13.9 Å². The molecule has 0 spiro atoms. The lowest BCUT2D eigenvalue weighted by molar-refractivity contribution is -0.131. The van der Waals surface area contributed by atoms with Crippen LogP contribution in [0.3, 0.4) is 0 Å². The Balaban J connectivity index is 1.95. The minimum Gasteiger partial charge on any atom is -0.383 e. The van der Waals surface area contributed by atoms with Crippen molar-refractivity contribution in [3.8, 4) is 0 Å². The van der Waals surface area contributed by atoms with Crippen molar-refractivity contribution >= 4 is 5.91 Å². The molecule has 5 heteroatoms. The van der Waals surface area contributed by atoms with Crippen LogP contribution in [0.25, 0.3) is 0 Å². The molecule has 1 unspecified atom stereocenters. The summed E-state index contributed by atoms with van der Waals surface area (Å²) >= 11 is 0. The molecule has 4 nitrogen and oxygen atoms in total. The average molecular weight is 294 g/mol. The van der Waals surface area contributed by atoms with E-state index in [0.717, 1.165) is 19.4 Å². The van der Waals surface area contributed by atoms with Gasteiger partial charge in [-0.15, -0.1) is 0 Å². The van der Waals surface area contributed by atoms with Gasteiger partial charge in [0.25, 0.3) is 0 Å². The van der Waals surface area contributed by atoms with E-state index in [9.17, 15) is 9.18 Å². The van der Waals surface area contributed by atoms with Gasteiger partial charge in [0.15, 0.2) is 0 Å². The first-order chi connectivity index (χ1) is 10.2. The van der Waals surface area contributed by atoms with E-state index >= 15 is 0 Å². The number of amides is 1. The highest BCUT2D eigenvalue weighted by Gasteiger charge is 2.21. The summed E-state index contributed by atoms with van der Waals surface area (Å²) in [6.45, 7) is 2.79. The van der Waals surface area contributed by atoms with Gasteiger partial charge in [-0.05, 0) is 37.1 Å². The summed E-state index contributed by atoms with van der Waals surface area (Å²) in [6, 6.07) is 6.58. The van der Waals surface area contributed by atoms with Crippen molar-refractivity contribution in [1.82, 2.24) is 10.2 Å². The first-order valence-corrected chi connectivity index (χ1v) is 7.43. The van der Waals surface area contributed by atoms with Crippen LogP contribution < -0.4 is 5.32 Å². The second-order valence-electron chi connectivity index (χ2n) is 5.43. The van der Waals surface area contributed by atoms with Gasteiger partial charge in [-0.2, -0.15) is 0 Å². The Kier molecular flexibility index (Phi) is 6.14. The average Bonchev–Trinajstić information content (AvgIpc) is 2.96. The molecule has 1 aliphatic rings. The van der Waals surface area contributed by atoms with E-state index in [2.05, 4.69) is 5.32 Å². The summed E-state index contributed by atoms with van der Waals surface area (Å²) in [7, 11) is 1.63. The van der Waals surface area contributed by atoms with Crippen LogP contribution in [0.15, 0.2) is 24.3 Å². The second-order valence-corrected chi connectivity index (χ2v) is 5.43. The standard InChI is InChI=1S/C16H23FN2O2/c1-21-9-8-19(12-15-6-3-7-18-15)16(20)11-13-4-2-5-14(17)10-13/h2,4-5,10,15,18H,3,6-9,11-12H2,1H3. The van der Waals surface area contributed by atoms with Gasteiger partial charge < -0.3 is 15.0 Å². The maximum Gasteiger partial charge on any atom is 0.227 e. The van der Waals surface area contributed by atoms with E-state index in [1.54, 1.807) is 19.2 Å². The van der Waals surface area contributed by atoms with Crippen LogP contribution in [0, 0.1) is 5.82 Å². The third-order valence-electron chi connectivity index (χ3n) is 3.77. The molecule has 1 aromatic rings. The quantitative estimate of drug-likeness (QED) is 0.830. The zero-order valence-corrected chi connectivity index (χ0v) is 12.5. The Bertz CT molecular complexity index is 461. The van der Waals surface area contributed by atoms with Crippen LogP contribution in [0.5, 0.6) is 0 Å². The van der Waals surface area contributed by atoms with Gasteiger partial charge in [0.1, 0.15) is 5.82 Å². The Morgan fingerprint density at radius 1 is 1.52 bits per heavy atom. The molecular formula is C16H23FN2O2. The lowest BCUT2D eigenvalue weighted by Crippen LogP contribution is -2.43. The Morgan fingerprint density at radius 3 is 3.05 bits per heavy atom. The van der Waals surface area contributed by atoms with Crippen LogP contribution >= 0.6 is 0 Å². The molecule has 0 bridgehead atoms. The summed E-state index contributed by atoms with van der Waals surface area (Å²) in [5.74, 6) is -0.285. The van der Waals surface area contributed by atoms with Crippen molar-refractivity contribution in [2.75, 3.05) is 33.4 Å².